The SMILES string of the molecule is CCCC#Cc1ccc(C2CCN(S(=O)(=O)C3(C(=O)NO)CCOCC3)CC2)nc1. The Labute approximate surface area is 178 Å². The second-order valence-corrected chi connectivity index (χ2v) is 10.00. The van der Waals surface area contributed by atoms with Crippen LogP contribution in [0.25, 0.3) is 0 Å². The number of piperidine rings is 1. The summed E-state index contributed by atoms with van der Waals surface area (Å²) in [5.74, 6) is 5.47. The van der Waals surface area contributed by atoms with Gasteiger partial charge in [0.1, 0.15) is 0 Å². The van der Waals surface area contributed by atoms with E-state index < -0.39 is 20.7 Å². The number of sulfonamides is 1. The third kappa shape index (κ3) is 4.52. The maximum absolute atomic E-state index is 13.3. The topological polar surface area (TPSA) is 109 Å². The molecule has 2 fully saturated rings. The molecule has 0 aromatic carbocycles. The maximum Gasteiger partial charge on any atom is 0.266 e. The van der Waals surface area contributed by atoms with Crippen LogP contribution in [-0.4, -0.2) is 59.9 Å². The number of hydroxylamine groups is 1. The van der Waals surface area contributed by atoms with E-state index in [1.54, 1.807) is 11.7 Å². The van der Waals surface area contributed by atoms with Crippen molar-refractivity contribution >= 4 is 15.9 Å². The number of hydrogen-bond donors (Lipinski definition) is 2. The molecule has 2 N–H and O–H groups in total. The van der Waals surface area contributed by atoms with Gasteiger partial charge in [0.2, 0.25) is 10.0 Å². The Bertz CT molecular complexity index is 891. The van der Waals surface area contributed by atoms with E-state index in [0.717, 1.165) is 24.1 Å². The monoisotopic (exact) mass is 435 g/mol. The molecule has 9 heteroatoms. The molecule has 1 aromatic rings. The third-order valence-corrected chi connectivity index (χ3v) is 8.54. The molecular weight excluding hydrogens is 406 g/mol. The highest BCUT2D eigenvalue weighted by Gasteiger charge is 2.54. The summed E-state index contributed by atoms with van der Waals surface area (Å²) in [7, 11) is -3.94. The lowest BCUT2D eigenvalue weighted by molar-refractivity contribution is -0.134. The van der Waals surface area contributed by atoms with E-state index >= 15 is 0 Å². The minimum atomic E-state index is -3.94. The van der Waals surface area contributed by atoms with Crippen LogP contribution in [0.2, 0.25) is 0 Å². The zero-order chi connectivity index (χ0) is 21.6. The normalized spacial score (nSPS) is 20.2. The quantitative estimate of drug-likeness (QED) is 0.415. The molecule has 0 spiro atoms. The molecule has 164 valence electrons. The van der Waals surface area contributed by atoms with Gasteiger partial charge >= 0.3 is 0 Å². The fourth-order valence-corrected chi connectivity index (χ4v) is 6.20. The lowest BCUT2D eigenvalue weighted by Gasteiger charge is -2.40. The van der Waals surface area contributed by atoms with Gasteiger partial charge in [0.25, 0.3) is 5.91 Å². The first-order valence-electron chi connectivity index (χ1n) is 10.4. The molecule has 0 unspecified atom stereocenters. The van der Waals surface area contributed by atoms with E-state index in [4.69, 9.17) is 9.94 Å². The first-order valence-corrected chi connectivity index (χ1v) is 11.9. The molecular formula is C21H29N3O5S. The molecule has 30 heavy (non-hydrogen) atoms. The second kappa shape index (κ2) is 9.88. The van der Waals surface area contributed by atoms with E-state index in [9.17, 15) is 13.2 Å². The third-order valence-electron chi connectivity index (χ3n) is 5.92. The highest BCUT2D eigenvalue weighted by Crippen LogP contribution is 2.36. The number of pyridine rings is 1. The highest BCUT2D eigenvalue weighted by molar-refractivity contribution is 7.91. The lowest BCUT2D eigenvalue weighted by Crippen LogP contribution is -2.60. The first kappa shape index (κ1) is 22.7. The van der Waals surface area contributed by atoms with Crippen LogP contribution < -0.4 is 5.48 Å². The predicted octanol–water partition coefficient (Wildman–Crippen LogP) is 1.80. The number of carbonyl (C=O) groups is 1. The molecule has 2 aliphatic heterocycles. The van der Waals surface area contributed by atoms with Crippen molar-refractivity contribution in [3.05, 3.63) is 29.6 Å². The Morgan fingerprint density at radius 1 is 1.33 bits per heavy atom. The smallest absolute Gasteiger partial charge is 0.266 e. The summed E-state index contributed by atoms with van der Waals surface area (Å²) in [5.41, 5.74) is 3.37. The van der Waals surface area contributed by atoms with Gasteiger partial charge in [-0.05, 0) is 31.4 Å². The van der Waals surface area contributed by atoms with Crippen LogP contribution in [0, 0.1) is 11.8 Å². The Balaban J connectivity index is 1.68. The molecule has 2 aliphatic rings. The van der Waals surface area contributed by atoms with Crippen molar-refractivity contribution in [2.45, 2.75) is 56.1 Å². The number of nitrogens with zero attached hydrogens (tertiary/aromatic N) is 2. The Kier molecular flexibility index (Phi) is 7.47. The number of rotatable bonds is 5. The lowest BCUT2D eigenvalue weighted by atomic mass is 9.94. The predicted molar refractivity (Wildman–Crippen MR) is 111 cm³/mol. The Hall–Kier alpha value is -1.99. The average molecular weight is 436 g/mol. The van der Waals surface area contributed by atoms with Gasteiger partial charge in [0, 0.05) is 68.9 Å². The zero-order valence-corrected chi connectivity index (χ0v) is 18.1. The van der Waals surface area contributed by atoms with Crippen LogP contribution in [0.3, 0.4) is 0 Å². The van der Waals surface area contributed by atoms with Crippen LogP contribution in [0.4, 0.5) is 0 Å². The van der Waals surface area contributed by atoms with Gasteiger partial charge in [0.05, 0.1) is 0 Å². The average Bonchev–Trinajstić information content (AvgIpc) is 2.79. The number of amides is 1. The van der Waals surface area contributed by atoms with Crippen molar-refractivity contribution < 1.29 is 23.2 Å². The van der Waals surface area contributed by atoms with Crippen molar-refractivity contribution in [2.75, 3.05) is 26.3 Å². The summed E-state index contributed by atoms with van der Waals surface area (Å²) in [4.78, 5) is 16.9. The molecule has 0 saturated carbocycles. The number of carbonyl (C=O) groups excluding carboxylic acids is 1. The van der Waals surface area contributed by atoms with Crippen LogP contribution in [0.15, 0.2) is 18.3 Å². The minimum Gasteiger partial charge on any atom is -0.381 e. The first-order chi connectivity index (χ1) is 14.4. The van der Waals surface area contributed by atoms with E-state index in [1.807, 2.05) is 12.1 Å². The van der Waals surface area contributed by atoms with Crippen molar-refractivity contribution in [1.29, 1.82) is 0 Å². The maximum atomic E-state index is 13.3. The fraction of sp³-hybridized carbons (Fsp3) is 0.619. The van der Waals surface area contributed by atoms with Crippen molar-refractivity contribution in [3.63, 3.8) is 0 Å². The second-order valence-electron chi connectivity index (χ2n) is 7.75. The molecule has 0 radical (unpaired) electrons. The fourth-order valence-electron chi connectivity index (χ4n) is 4.05. The largest absolute Gasteiger partial charge is 0.381 e. The van der Waals surface area contributed by atoms with E-state index in [-0.39, 0.29) is 32.0 Å². The van der Waals surface area contributed by atoms with E-state index in [1.165, 1.54) is 4.31 Å². The van der Waals surface area contributed by atoms with Crippen LogP contribution >= 0.6 is 0 Å². The van der Waals surface area contributed by atoms with Gasteiger partial charge < -0.3 is 4.74 Å². The van der Waals surface area contributed by atoms with Crippen molar-refractivity contribution in [2.24, 2.45) is 0 Å². The van der Waals surface area contributed by atoms with Gasteiger partial charge in [-0.25, -0.2) is 18.2 Å². The molecule has 0 bridgehead atoms. The summed E-state index contributed by atoms with van der Waals surface area (Å²) in [6.07, 6.45) is 4.96. The highest BCUT2D eigenvalue weighted by atomic mass is 32.2. The molecule has 3 rings (SSSR count). The van der Waals surface area contributed by atoms with Crippen LogP contribution in [-0.2, 0) is 19.6 Å². The van der Waals surface area contributed by atoms with Gasteiger partial charge in [-0.1, -0.05) is 18.8 Å². The molecule has 1 amide bonds. The van der Waals surface area contributed by atoms with E-state index in [0.29, 0.717) is 25.9 Å². The number of nitrogens with one attached hydrogen (secondary N) is 1. The molecule has 3 heterocycles. The number of ether oxygens (including phenoxy) is 1. The standard InChI is InChI=1S/C21H29N3O5S/c1-2-3-4-5-17-6-7-19(22-16-17)18-8-12-24(13-9-18)30(27,28)21(20(25)23-26)10-14-29-15-11-21/h6-7,16,18,26H,2-3,8-15H2,1H3,(H,23,25). The summed E-state index contributed by atoms with van der Waals surface area (Å²) in [5, 5.41) is 9.15. The number of aromatic nitrogens is 1. The minimum absolute atomic E-state index is 0.0315. The van der Waals surface area contributed by atoms with Crippen LogP contribution in [0.1, 0.15) is 62.6 Å². The molecule has 2 saturated heterocycles. The Morgan fingerprint density at radius 2 is 2.03 bits per heavy atom. The van der Waals surface area contributed by atoms with Gasteiger partial charge in [-0.3, -0.25) is 15.0 Å². The molecule has 1 aromatic heterocycles. The summed E-state index contributed by atoms with van der Waals surface area (Å²) in [6.45, 7) is 3.05. The van der Waals surface area contributed by atoms with Crippen molar-refractivity contribution in [1.82, 2.24) is 14.8 Å². The number of unbranched alkanes of at least 4 members (excludes halogenated alkanes) is 1. The zero-order valence-electron chi connectivity index (χ0n) is 17.3. The summed E-state index contributed by atoms with van der Waals surface area (Å²) < 4.78 is 31.6. The molecule has 0 atom stereocenters. The van der Waals surface area contributed by atoms with Crippen molar-refractivity contribution in [3.8, 4) is 11.8 Å². The van der Waals surface area contributed by atoms with Crippen LogP contribution in [0.5, 0.6) is 0 Å². The van der Waals surface area contributed by atoms with Gasteiger partial charge in [0.15, 0.2) is 4.75 Å². The molecule has 0 aliphatic carbocycles. The van der Waals surface area contributed by atoms with E-state index in [2.05, 4.69) is 23.7 Å². The number of hydrogen-bond acceptors (Lipinski definition) is 6. The van der Waals surface area contributed by atoms with Gasteiger partial charge in [-0.15, -0.1) is 0 Å². The summed E-state index contributed by atoms with van der Waals surface area (Å²) >= 11 is 0. The summed E-state index contributed by atoms with van der Waals surface area (Å²) in [6, 6.07) is 3.92. The molecule has 8 nitrogen and oxygen atoms in total. The Morgan fingerprint density at radius 3 is 2.60 bits per heavy atom. The van der Waals surface area contributed by atoms with Gasteiger partial charge in [-0.2, -0.15) is 0 Å².